The van der Waals surface area contributed by atoms with Crippen molar-refractivity contribution in [1.82, 2.24) is 4.90 Å². The Kier molecular flexibility index (Phi) is 4.38. The monoisotopic (exact) mass is 262 g/mol. The number of hydrogen-bond donors (Lipinski definition) is 1. The number of rotatable bonds is 4. The van der Waals surface area contributed by atoms with Crippen molar-refractivity contribution in [3.63, 3.8) is 0 Å². The van der Waals surface area contributed by atoms with E-state index in [2.05, 4.69) is 15.9 Å². The number of alkyl halides is 1. The Hall–Kier alpha value is -0.580. The summed E-state index contributed by atoms with van der Waals surface area (Å²) in [4.78, 5) is 23.9. The van der Waals surface area contributed by atoms with Crippen LogP contribution in [-0.4, -0.2) is 34.6 Å². The fraction of sp³-hybridized carbons (Fsp3) is 0.778. The number of primary amides is 1. The molecule has 2 amide bonds. The summed E-state index contributed by atoms with van der Waals surface area (Å²) in [5.74, 6) is -0.484. The molecular weight excluding hydrogens is 248 g/mol. The third-order valence-corrected chi connectivity index (χ3v) is 3.01. The highest BCUT2D eigenvalue weighted by Gasteiger charge is 2.26. The Morgan fingerprint density at radius 2 is 1.93 bits per heavy atom. The molecule has 4 nitrogen and oxygen atoms in total. The maximum atomic E-state index is 11.5. The summed E-state index contributed by atoms with van der Waals surface area (Å²) in [5.41, 5.74) is 5.11. The lowest BCUT2D eigenvalue weighted by Crippen LogP contribution is -2.44. The number of halogens is 1. The summed E-state index contributed by atoms with van der Waals surface area (Å²) in [6.07, 6.45) is 4.25. The number of carbonyl (C=O) groups excluding carboxylic acids is 2. The van der Waals surface area contributed by atoms with Crippen LogP contribution in [0.15, 0.2) is 0 Å². The van der Waals surface area contributed by atoms with Crippen molar-refractivity contribution >= 4 is 27.7 Å². The van der Waals surface area contributed by atoms with E-state index in [0.717, 1.165) is 25.7 Å². The van der Waals surface area contributed by atoms with Gasteiger partial charge >= 0.3 is 0 Å². The topological polar surface area (TPSA) is 63.4 Å². The van der Waals surface area contributed by atoms with Gasteiger partial charge in [0.1, 0.15) is 0 Å². The van der Waals surface area contributed by atoms with Crippen molar-refractivity contribution in [3.05, 3.63) is 0 Å². The average Bonchev–Trinajstić information content (AvgIpc) is 2.65. The second kappa shape index (κ2) is 5.34. The summed E-state index contributed by atoms with van der Waals surface area (Å²) in [5, 5.41) is 0.261. The van der Waals surface area contributed by atoms with E-state index < -0.39 is 5.91 Å². The molecule has 0 spiro atoms. The van der Waals surface area contributed by atoms with E-state index in [4.69, 9.17) is 5.73 Å². The molecule has 2 N–H and O–H groups in total. The third-order valence-electron chi connectivity index (χ3n) is 2.53. The molecule has 1 fully saturated rings. The van der Waals surface area contributed by atoms with Crippen molar-refractivity contribution in [2.75, 3.05) is 11.9 Å². The minimum Gasteiger partial charge on any atom is -0.368 e. The SMILES string of the molecule is NC(=O)CN(C(=O)CBr)C1CCCC1. The number of hydrogen-bond acceptors (Lipinski definition) is 2. The van der Waals surface area contributed by atoms with Crippen LogP contribution in [-0.2, 0) is 9.59 Å². The van der Waals surface area contributed by atoms with Gasteiger partial charge in [-0.05, 0) is 12.8 Å². The minimum atomic E-state index is -0.439. The van der Waals surface area contributed by atoms with Crippen LogP contribution in [0.5, 0.6) is 0 Å². The minimum absolute atomic E-state index is 0.0456. The van der Waals surface area contributed by atoms with E-state index in [1.54, 1.807) is 4.90 Å². The number of carbonyl (C=O) groups is 2. The van der Waals surface area contributed by atoms with Gasteiger partial charge in [0.2, 0.25) is 11.8 Å². The highest BCUT2D eigenvalue weighted by atomic mass is 79.9. The molecule has 0 atom stereocenters. The maximum absolute atomic E-state index is 11.5. The lowest BCUT2D eigenvalue weighted by atomic mass is 10.2. The van der Waals surface area contributed by atoms with Gasteiger partial charge in [-0.2, -0.15) is 0 Å². The predicted octanol–water partition coefficient (Wildman–Crippen LogP) is 0.638. The zero-order valence-electron chi connectivity index (χ0n) is 8.04. The van der Waals surface area contributed by atoms with E-state index in [1.807, 2.05) is 0 Å². The zero-order valence-corrected chi connectivity index (χ0v) is 9.63. The Balaban J connectivity index is 2.59. The van der Waals surface area contributed by atoms with Crippen molar-refractivity contribution in [2.45, 2.75) is 31.7 Å². The van der Waals surface area contributed by atoms with E-state index in [1.165, 1.54) is 0 Å². The van der Waals surface area contributed by atoms with Crippen LogP contribution in [0.1, 0.15) is 25.7 Å². The molecule has 1 aliphatic rings. The largest absolute Gasteiger partial charge is 0.368 e. The number of nitrogens with two attached hydrogens (primary N) is 1. The van der Waals surface area contributed by atoms with Gasteiger partial charge in [0, 0.05) is 6.04 Å². The normalized spacial score (nSPS) is 16.9. The Bertz CT molecular complexity index is 227. The molecule has 0 bridgehead atoms. The zero-order chi connectivity index (χ0) is 10.6. The standard InChI is InChI=1S/C9H15BrN2O2/c10-5-9(14)12(6-8(11)13)7-3-1-2-4-7/h7H,1-6H2,(H2,11,13). The lowest BCUT2D eigenvalue weighted by Gasteiger charge is -2.26. The highest BCUT2D eigenvalue weighted by molar-refractivity contribution is 9.09. The van der Waals surface area contributed by atoms with Crippen molar-refractivity contribution in [1.29, 1.82) is 0 Å². The average molecular weight is 263 g/mol. The molecule has 0 aromatic carbocycles. The molecule has 80 valence electrons. The maximum Gasteiger partial charge on any atom is 0.237 e. The third kappa shape index (κ3) is 2.97. The molecule has 1 aliphatic carbocycles. The first kappa shape index (κ1) is 11.5. The van der Waals surface area contributed by atoms with Gasteiger partial charge in [0.05, 0.1) is 11.9 Å². The number of amides is 2. The van der Waals surface area contributed by atoms with Gasteiger partial charge in [-0.25, -0.2) is 0 Å². The van der Waals surface area contributed by atoms with E-state index >= 15 is 0 Å². The molecule has 1 saturated carbocycles. The second-order valence-corrected chi connectivity index (χ2v) is 4.12. The lowest BCUT2D eigenvalue weighted by molar-refractivity contribution is -0.135. The van der Waals surface area contributed by atoms with Crippen LogP contribution in [0.25, 0.3) is 0 Å². The fourth-order valence-corrected chi connectivity index (χ4v) is 2.20. The molecule has 1 rings (SSSR count). The highest BCUT2D eigenvalue weighted by Crippen LogP contribution is 2.23. The number of nitrogens with zero attached hydrogens (tertiary/aromatic N) is 1. The molecular formula is C9H15BrN2O2. The van der Waals surface area contributed by atoms with Gasteiger partial charge in [-0.15, -0.1) is 0 Å². The van der Waals surface area contributed by atoms with Crippen molar-refractivity contribution in [2.24, 2.45) is 5.73 Å². The molecule has 14 heavy (non-hydrogen) atoms. The molecule has 0 aliphatic heterocycles. The van der Waals surface area contributed by atoms with Gasteiger partial charge in [0.25, 0.3) is 0 Å². The molecule has 0 aromatic rings. The van der Waals surface area contributed by atoms with Gasteiger partial charge < -0.3 is 10.6 Å². The van der Waals surface area contributed by atoms with Crippen molar-refractivity contribution in [3.8, 4) is 0 Å². The van der Waals surface area contributed by atoms with Crippen molar-refractivity contribution < 1.29 is 9.59 Å². The van der Waals surface area contributed by atoms with Crippen LogP contribution < -0.4 is 5.73 Å². The van der Waals surface area contributed by atoms with Crippen LogP contribution >= 0.6 is 15.9 Å². The Labute approximate surface area is 91.9 Å². The van der Waals surface area contributed by atoms with Gasteiger partial charge in [-0.3, -0.25) is 9.59 Å². The first-order chi connectivity index (χ1) is 6.65. The van der Waals surface area contributed by atoms with E-state index in [-0.39, 0.29) is 23.8 Å². The van der Waals surface area contributed by atoms with Gasteiger partial charge in [0.15, 0.2) is 0 Å². The summed E-state index contributed by atoms with van der Waals surface area (Å²) < 4.78 is 0. The van der Waals surface area contributed by atoms with Crippen LogP contribution in [0.2, 0.25) is 0 Å². The first-order valence-corrected chi connectivity index (χ1v) is 5.91. The molecule has 0 aromatic heterocycles. The van der Waals surface area contributed by atoms with Crippen LogP contribution in [0.3, 0.4) is 0 Å². The summed E-state index contributed by atoms with van der Waals surface area (Å²) in [7, 11) is 0. The fourth-order valence-electron chi connectivity index (χ4n) is 1.88. The van der Waals surface area contributed by atoms with Gasteiger partial charge in [-0.1, -0.05) is 28.8 Å². The summed E-state index contributed by atoms with van der Waals surface area (Å²) in [6, 6.07) is 0.215. The predicted molar refractivity (Wildman–Crippen MR) is 57.0 cm³/mol. The first-order valence-electron chi connectivity index (χ1n) is 4.79. The van der Waals surface area contributed by atoms with E-state index in [9.17, 15) is 9.59 Å². The Morgan fingerprint density at radius 1 is 1.36 bits per heavy atom. The Morgan fingerprint density at radius 3 is 2.36 bits per heavy atom. The second-order valence-electron chi connectivity index (χ2n) is 3.56. The molecule has 0 saturated heterocycles. The molecule has 0 heterocycles. The molecule has 0 unspecified atom stereocenters. The molecule has 5 heteroatoms. The summed E-state index contributed by atoms with van der Waals surface area (Å²) >= 11 is 3.11. The van der Waals surface area contributed by atoms with Crippen LogP contribution in [0.4, 0.5) is 0 Å². The smallest absolute Gasteiger partial charge is 0.237 e. The quantitative estimate of drug-likeness (QED) is 0.756. The van der Waals surface area contributed by atoms with E-state index in [0.29, 0.717) is 0 Å². The molecule has 0 radical (unpaired) electrons. The summed E-state index contributed by atoms with van der Waals surface area (Å²) in [6.45, 7) is 0.0507. The van der Waals surface area contributed by atoms with Crippen LogP contribution in [0, 0.1) is 0 Å².